The topological polar surface area (TPSA) is 76.4 Å². The Morgan fingerprint density at radius 2 is 2.16 bits per heavy atom. The second-order valence-corrected chi connectivity index (χ2v) is 6.91. The molecule has 0 saturated carbocycles. The normalized spacial score (nSPS) is 23.0. The maximum absolute atomic E-state index is 12.8. The Balaban J connectivity index is 1.73. The van der Waals surface area contributed by atoms with Crippen LogP contribution in [-0.2, 0) is 9.59 Å². The summed E-state index contributed by atoms with van der Waals surface area (Å²) in [5, 5.41) is 11.7. The Morgan fingerprint density at radius 1 is 1.36 bits per heavy atom. The van der Waals surface area contributed by atoms with Crippen LogP contribution in [0.2, 0.25) is 0 Å². The minimum atomic E-state index is -0.622. The zero-order valence-electron chi connectivity index (χ0n) is 14.8. The Hall–Kier alpha value is -2.39. The molecule has 2 saturated heterocycles. The summed E-state index contributed by atoms with van der Waals surface area (Å²) in [6, 6.07) is 7.58. The number of carbonyl (C=O) groups excluding carboxylic acids is 2. The van der Waals surface area contributed by atoms with Crippen LogP contribution >= 0.6 is 0 Å². The van der Waals surface area contributed by atoms with Crippen LogP contribution in [0.3, 0.4) is 0 Å². The van der Waals surface area contributed by atoms with Gasteiger partial charge < -0.3 is 10.2 Å². The number of nitrogens with zero attached hydrogens (tertiary/aromatic N) is 3. The van der Waals surface area contributed by atoms with Crippen molar-refractivity contribution in [3.8, 4) is 6.07 Å². The van der Waals surface area contributed by atoms with Crippen molar-refractivity contribution >= 4 is 17.5 Å². The average molecular weight is 340 g/mol. The van der Waals surface area contributed by atoms with Crippen LogP contribution in [0.5, 0.6) is 0 Å². The lowest BCUT2D eigenvalue weighted by Crippen LogP contribution is -2.59. The van der Waals surface area contributed by atoms with Gasteiger partial charge in [-0.25, -0.2) is 0 Å². The van der Waals surface area contributed by atoms with E-state index in [9.17, 15) is 9.59 Å². The molecule has 0 aliphatic carbocycles. The van der Waals surface area contributed by atoms with E-state index < -0.39 is 11.8 Å². The predicted molar refractivity (Wildman–Crippen MR) is 94.9 cm³/mol. The van der Waals surface area contributed by atoms with Crippen LogP contribution in [0.15, 0.2) is 18.2 Å². The molecule has 25 heavy (non-hydrogen) atoms. The third kappa shape index (κ3) is 3.52. The van der Waals surface area contributed by atoms with Crippen LogP contribution in [0.25, 0.3) is 0 Å². The zero-order valence-corrected chi connectivity index (χ0v) is 14.8. The third-order valence-electron chi connectivity index (χ3n) is 5.33. The van der Waals surface area contributed by atoms with E-state index >= 15 is 0 Å². The van der Waals surface area contributed by atoms with Gasteiger partial charge in [-0.3, -0.25) is 14.5 Å². The number of hydrogen-bond donors (Lipinski definition) is 1. The first kappa shape index (κ1) is 17.4. The first-order valence-corrected chi connectivity index (χ1v) is 8.90. The number of anilines is 1. The highest BCUT2D eigenvalue weighted by molar-refractivity contribution is 6.39. The molecule has 3 rings (SSSR count). The number of amides is 2. The zero-order chi connectivity index (χ0) is 18.0. The molecule has 0 bridgehead atoms. The largest absolute Gasteiger partial charge is 0.329 e. The number of benzene rings is 1. The van der Waals surface area contributed by atoms with Gasteiger partial charge >= 0.3 is 11.8 Å². The molecule has 132 valence electrons. The number of rotatable bonds is 2. The summed E-state index contributed by atoms with van der Waals surface area (Å²) in [5.41, 5.74) is 1.80. The van der Waals surface area contributed by atoms with Crippen LogP contribution in [-0.4, -0.2) is 53.3 Å². The fourth-order valence-corrected chi connectivity index (χ4v) is 3.82. The molecule has 0 spiro atoms. The van der Waals surface area contributed by atoms with E-state index in [1.165, 1.54) is 0 Å². The fourth-order valence-electron chi connectivity index (χ4n) is 3.82. The van der Waals surface area contributed by atoms with Crippen molar-refractivity contribution < 1.29 is 9.59 Å². The summed E-state index contributed by atoms with van der Waals surface area (Å²) < 4.78 is 0. The molecule has 2 amide bonds. The van der Waals surface area contributed by atoms with Crippen LogP contribution in [0, 0.1) is 18.3 Å². The maximum atomic E-state index is 12.8. The van der Waals surface area contributed by atoms with Crippen LogP contribution in [0.4, 0.5) is 5.69 Å². The number of aryl methyl sites for hydroxylation is 1. The molecular formula is C19H24N4O2. The van der Waals surface area contributed by atoms with E-state index in [1.54, 1.807) is 23.1 Å². The highest BCUT2D eigenvalue weighted by Gasteiger charge is 2.39. The Bertz CT molecular complexity index is 725. The van der Waals surface area contributed by atoms with E-state index in [-0.39, 0.29) is 6.04 Å². The first-order chi connectivity index (χ1) is 12.0. The second-order valence-electron chi connectivity index (χ2n) is 6.91. The minimum absolute atomic E-state index is 0.0825. The molecule has 2 heterocycles. The van der Waals surface area contributed by atoms with Crippen molar-refractivity contribution in [2.75, 3.05) is 25.0 Å². The summed E-state index contributed by atoms with van der Waals surface area (Å²) in [6.07, 6.45) is 3.09. The fraction of sp³-hybridized carbons (Fsp3) is 0.526. The molecule has 6 nitrogen and oxygen atoms in total. The van der Waals surface area contributed by atoms with Crippen LogP contribution < -0.4 is 5.32 Å². The van der Waals surface area contributed by atoms with Crippen molar-refractivity contribution in [1.82, 2.24) is 9.80 Å². The molecule has 6 heteroatoms. The molecule has 2 unspecified atom stereocenters. The SMILES string of the molecule is CCC1CN2CCCC2CN1C(=O)C(=O)Nc1cc(C#N)ccc1C. The molecular weight excluding hydrogens is 316 g/mol. The summed E-state index contributed by atoms with van der Waals surface area (Å²) in [5.74, 6) is -1.09. The van der Waals surface area contributed by atoms with Gasteiger partial charge in [0, 0.05) is 30.9 Å². The molecule has 1 N–H and O–H groups in total. The summed E-state index contributed by atoms with van der Waals surface area (Å²) >= 11 is 0. The Labute approximate surface area is 148 Å². The van der Waals surface area contributed by atoms with E-state index in [0.29, 0.717) is 23.8 Å². The predicted octanol–water partition coefficient (Wildman–Crippen LogP) is 1.89. The maximum Gasteiger partial charge on any atom is 0.313 e. The lowest BCUT2D eigenvalue weighted by atomic mass is 10.0. The summed E-state index contributed by atoms with van der Waals surface area (Å²) in [6.45, 7) is 6.47. The van der Waals surface area contributed by atoms with Crippen molar-refractivity contribution in [2.24, 2.45) is 0 Å². The smallest absolute Gasteiger partial charge is 0.313 e. The van der Waals surface area contributed by atoms with Gasteiger partial charge in [0.1, 0.15) is 0 Å². The van der Waals surface area contributed by atoms with E-state index in [0.717, 1.165) is 37.9 Å². The van der Waals surface area contributed by atoms with Gasteiger partial charge in [-0.2, -0.15) is 5.26 Å². The van der Waals surface area contributed by atoms with Crippen molar-refractivity contribution in [3.63, 3.8) is 0 Å². The first-order valence-electron chi connectivity index (χ1n) is 8.90. The van der Waals surface area contributed by atoms with Crippen molar-refractivity contribution in [2.45, 2.75) is 45.2 Å². The number of carbonyl (C=O) groups is 2. The van der Waals surface area contributed by atoms with Gasteiger partial charge in [-0.05, 0) is 50.4 Å². The van der Waals surface area contributed by atoms with Gasteiger partial charge in [-0.15, -0.1) is 0 Å². The number of nitriles is 1. The summed E-state index contributed by atoms with van der Waals surface area (Å²) in [4.78, 5) is 29.5. The van der Waals surface area contributed by atoms with Crippen molar-refractivity contribution in [3.05, 3.63) is 29.3 Å². The van der Waals surface area contributed by atoms with Crippen LogP contribution in [0.1, 0.15) is 37.3 Å². The summed E-state index contributed by atoms with van der Waals surface area (Å²) in [7, 11) is 0. The molecule has 2 aliphatic rings. The number of fused-ring (bicyclic) bond motifs is 1. The van der Waals surface area contributed by atoms with Crippen molar-refractivity contribution in [1.29, 1.82) is 5.26 Å². The second kappa shape index (κ2) is 7.24. The Kier molecular flexibility index (Phi) is 5.05. The third-order valence-corrected chi connectivity index (χ3v) is 5.33. The standard InChI is InChI=1S/C19H24N4O2/c1-3-15-11-22-8-4-5-16(22)12-23(15)19(25)18(24)21-17-9-14(10-20)7-6-13(17)2/h6-7,9,15-16H,3-5,8,11-12H2,1-2H3,(H,21,24). The van der Waals surface area contributed by atoms with E-state index in [4.69, 9.17) is 5.26 Å². The monoisotopic (exact) mass is 340 g/mol. The molecule has 0 aromatic heterocycles. The molecule has 2 atom stereocenters. The van der Waals surface area contributed by atoms with Gasteiger partial charge in [0.05, 0.1) is 11.6 Å². The number of hydrogen-bond acceptors (Lipinski definition) is 4. The molecule has 1 aromatic carbocycles. The van der Waals surface area contributed by atoms with Gasteiger partial charge in [0.2, 0.25) is 0 Å². The number of nitrogens with one attached hydrogen (secondary N) is 1. The van der Waals surface area contributed by atoms with E-state index in [1.807, 2.05) is 13.0 Å². The molecule has 2 aliphatic heterocycles. The molecule has 0 radical (unpaired) electrons. The average Bonchev–Trinajstić information content (AvgIpc) is 3.09. The van der Waals surface area contributed by atoms with E-state index in [2.05, 4.69) is 17.1 Å². The highest BCUT2D eigenvalue weighted by Crippen LogP contribution is 2.26. The highest BCUT2D eigenvalue weighted by atomic mass is 16.2. The molecule has 1 aromatic rings. The lowest BCUT2D eigenvalue weighted by molar-refractivity contribution is -0.147. The van der Waals surface area contributed by atoms with Gasteiger partial charge in [0.15, 0.2) is 0 Å². The molecule has 2 fully saturated rings. The van der Waals surface area contributed by atoms with Gasteiger partial charge in [-0.1, -0.05) is 13.0 Å². The van der Waals surface area contributed by atoms with Gasteiger partial charge in [0.25, 0.3) is 0 Å². The quantitative estimate of drug-likeness (QED) is 0.834. The minimum Gasteiger partial charge on any atom is -0.329 e. The lowest BCUT2D eigenvalue weighted by Gasteiger charge is -2.43. The number of piperazine rings is 1. The Morgan fingerprint density at radius 3 is 2.88 bits per heavy atom.